The fourth-order valence-electron chi connectivity index (χ4n) is 3.32. The second-order valence-electron chi connectivity index (χ2n) is 7.26. The van der Waals surface area contributed by atoms with Gasteiger partial charge in [0.15, 0.2) is 0 Å². The van der Waals surface area contributed by atoms with E-state index >= 15 is 0 Å². The maximum atomic E-state index is 13.0. The highest BCUT2D eigenvalue weighted by Crippen LogP contribution is 2.33. The van der Waals surface area contributed by atoms with Gasteiger partial charge in [-0.05, 0) is 48.6 Å². The maximum Gasteiger partial charge on any atom is 0.490 e. The van der Waals surface area contributed by atoms with Gasteiger partial charge < -0.3 is 15.1 Å². The number of carboxylic acid groups (broad SMARTS) is 2. The van der Waals surface area contributed by atoms with Crippen molar-refractivity contribution in [3.63, 3.8) is 0 Å². The lowest BCUT2D eigenvalue weighted by Crippen LogP contribution is -2.34. The van der Waals surface area contributed by atoms with Crippen LogP contribution < -0.4 is 0 Å². The number of alkyl halides is 3. The molecular weight excluding hydrogens is 431 g/mol. The molecule has 0 aromatic carbocycles. The van der Waals surface area contributed by atoms with Crippen molar-refractivity contribution < 1.29 is 37.8 Å². The number of hydrogen-bond donors (Lipinski definition) is 2. The molecule has 2 N–H and O–H groups in total. The molecule has 1 amide bonds. The molecule has 172 valence electrons. The zero-order chi connectivity index (χ0) is 23.7. The zero-order valence-corrected chi connectivity index (χ0v) is 16.9. The van der Waals surface area contributed by atoms with Crippen LogP contribution in [-0.4, -0.2) is 49.1 Å². The van der Waals surface area contributed by atoms with Crippen LogP contribution in [0.5, 0.6) is 0 Å². The number of carboxylic acids is 2. The molecule has 1 aliphatic rings. The summed E-state index contributed by atoms with van der Waals surface area (Å²) in [4.78, 5) is 43.0. The predicted molar refractivity (Wildman–Crippen MR) is 105 cm³/mol. The van der Waals surface area contributed by atoms with Gasteiger partial charge in [0, 0.05) is 43.8 Å². The number of aromatic nitrogens is 2. The van der Waals surface area contributed by atoms with Crippen LogP contribution in [0.2, 0.25) is 0 Å². The van der Waals surface area contributed by atoms with Crippen molar-refractivity contribution in [3.05, 3.63) is 60.2 Å². The third-order valence-corrected chi connectivity index (χ3v) is 4.90. The van der Waals surface area contributed by atoms with Gasteiger partial charge in [-0.3, -0.25) is 19.6 Å². The van der Waals surface area contributed by atoms with Crippen molar-refractivity contribution in [1.29, 1.82) is 0 Å². The Balaban J connectivity index is 0.000000451. The van der Waals surface area contributed by atoms with Gasteiger partial charge in [-0.25, -0.2) is 4.79 Å². The van der Waals surface area contributed by atoms with Gasteiger partial charge in [0.25, 0.3) is 0 Å². The second-order valence-corrected chi connectivity index (χ2v) is 7.26. The van der Waals surface area contributed by atoms with E-state index in [0.717, 1.165) is 11.1 Å². The molecule has 0 saturated heterocycles. The van der Waals surface area contributed by atoms with Crippen molar-refractivity contribution in [2.45, 2.75) is 38.5 Å². The molecule has 2 heterocycles. The molecule has 0 aliphatic heterocycles. The fraction of sp³-hybridized carbons (Fsp3) is 0.381. The van der Waals surface area contributed by atoms with E-state index in [1.165, 1.54) is 0 Å². The van der Waals surface area contributed by atoms with Crippen LogP contribution in [0.3, 0.4) is 0 Å². The van der Waals surface area contributed by atoms with Crippen LogP contribution >= 0.6 is 0 Å². The number of pyridine rings is 2. The van der Waals surface area contributed by atoms with E-state index in [-0.39, 0.29) is 11.8 Å². The number of rotatable bonds is 6. The molecule has 1 aliphatic carbocycles. The first-order chi connectivity index (χ1) is 15.1. The van der Waals surface area contributed by atoms with Crippen molar-refractivity contribution in [2.75, 3.05) is 0 Å². The summed E-state index contributed by atoms with van der Waals surface area (Å²) < 4.78 is 31.7. The van der Waals surface area contributed by atoms with Crippen LogP contribution in [-0.2, 0) is 27.5 Å². The van der Waals surface area contributed by atoms with E-state index in [2.05, 4.69) is 9.97 Å². The first-order valence-corrected chi connectivity index (χ1v) is 9.67. The van der Waals surface area contributed by atoms with Gasteiger partial charge in [0.2, 0.25) is 5.91 Å². The Kier molecular flexibility index (Phi) is 8.68. The number of amides is 1. The lowest BCUT2D eigenvalue weighted by atomic mass is 10.0. The minimum Gasteiger partial charge on any atom is -0.481 e. The van der Waals surface area contributed by atoms with Gasteiger partial charge >= 0.3 is 18.1 Å². The molecular formula is C21H22F3N3O5. The Morgan fingerprint density at radius 3 is 2.03 bits per heavy atom. The topological polar surface area (TPSA) is 121 Å². The summed E-state index contributed by atoms with van der Waals surface area (Å²) in [7, 11) is 0. The molecule has 2 aromatic heterocycles. The van der Waals surface area contributed by atoms with Crippen LogP contribution in [0.15, 0.2) is 49.1 Å². The Morgan fingerprint density at radius 1 is 0.938 bits per heavy atom. The smallest absolute Gasteiger partial charge is 0.481 e. The number of carbonyl (C=O) groups is 3. The third kappa shape index (κ3) is 7.64. The molecule has 2 aromatic rings. The van der Waals surface area contributed by atoms with Crippen molar-refractivity contribution in [3.8, 4) is 0 Å². The zero-order valence-electron chi connectivity index (χ0n) is 16.9. The van der Waals surface area contributed by atoms with E-state index in [1.807, 2.05) is 24.3 Å². The molecule has 0 radical (unpaired) electrons. The first kappa shape index (κ1) is 24.8. The fourth-order valence-corrected chi connectivity index (χ4v) is 3.32. The third-order valence-electron chi connectivity index (χ3n) is 4.90. The number of halogens is 3. The van der Waals surface area contributed by atoms with E-state index in [4.69, 9.17) is 9.90 Å². The normalized spacial score (nSPS) is 17.7. The predicted octanol–water partition coefficient (Wildman–Crippen LogP) is 3.14. The van der Waals surface area contributed by atoms with Gasteiger partial charge in [0.05, 0.1) is 5.92 Å². The minimum atomic E-state index is -5.08. The highest BCUT2D eigenvalue weighted by atomic mass is 19.4. The lowest BCUT2D eigenvalue weighted by molar-refractivity contribution is -0.192. The van der Waals surface area contributed by atoms with E-state index in [1.54, 1.807) is 29.7 Å². The Morgan fingerprint density at radius 2 is 1.53 bits per heavy atom. The quantitative estimate of drug-likeness (QED) is 0.689. The van der Waals surface area contributed by atoms with Crippen LogP contribution in [0.1, 0.15) is 30.4 Å². The summed E-state index contributed by atoms with van der Waals surface area (Å²) in [6, 6.07) is 7.56. The SMILES string of the molecule is O=C(O)C(F)(F)F.O=C(O)[C@@H]1CC[C@H](C(=O)N(Cc2ccncc2)Cc2cccnc2)C1. The summed E-state index contributed by atoms with van der Waals surface area (Å²) >= 11 is 0. The molecule has 32 heavy (non-hydrogen) atoms. The van der Waals surface area contributed by atoms with Gasteiger partial charge in [0.1, 0.15) is 0 Å². The average Bonchev–Trinajstić information content (AvgIpc) is 3.25. The summed E-state index contributed by atoms with van der Waals surface area (Å²) in [5.74, 6) is -4.17. The molecule has 0 unspecified atom stereocenters. The molecule has 8 nitrogen and oxygen atoms in total. The molecule has 1 fully saturated rings. The van der Waals surface area contributed by atoms with Crippen LogP contribution in [0, 0.1) is 11.8 Å². The van der Waals surface area contributed by atoms with Crippen LogP contribution in [0.4, 0.5) is 13.2 Å². The molecule has 11 heteroatoms. The average molecular weight is 453 g/mol. The number of hydrogen-bond acceptors (Lipinski definition) is 5. The molecule has 1 saturated carbocycles. The van der Waals surface area contributed by atoms with Crippen LogP contribution in [0.25, 0.3) is 0 Å². The Hall–Kier alpha value is -3.50. The molecule has 0 spiro atoms. The second kappa shape index (κ2) is 11.2. The van der Waals surface area contributed by atoms with Crippen molar-refractivity contribution in [2.24, 2.45) is 11.8 Å². The van der Waals surface area contributed by atoms with Gasteiger partial charge in [-0.1, -0.05) is 6.07 Å². The van der Waals surface area contributed by atoms with E-state index < -0.39 is 24.0 Å². The van der Waals surface area contributed by atoms with Crippen molar-refractivity contribution in [1.82, 2.24) is 14.9 Å². The van der Waals surface area contributed by atoms with E-state index in [0.29, 0.717) is 32.4 Å². The number of carbonyl (C=O) groups excluding carboxylic acids is 1. The Bertz CT molecular complexity index is 868. The monoisotopic (exact) mass is 453 g/mol. The van der Waals surface area contributed by atoms with Gasteiger partial charge in [-0.2, -0.15) is 13.2 Å². The highest BCUT2D eigenvalue weighted by molar-refractivity contribution is 5.81. The van der Waals surface area contributed by atoms with Crippen molar-refractivity contribution >= 4 is 17.8 Å². The summed E-state index contributed by atoms with van der Waals surface area (Å²) in [5.41, 5.74) is 1.96. The number of nitrogens with zero attached hydrogens (tertiary/aromatic N) is 3. The largest absolute Gasteiger partial charge is 0.490 e. The lowest BCUT2D eigenvalue weighted by Gasteiger charge is -2.26. The summed E-state index contributed by atoms with van der Waals surface area (Å²) in [6.45, 7) is 0.938. The van der Waals surface area contributed by atoms with E-state index in [9.17, 15) is 27.9 Å². The Labute approximate surface area is 181 Å². The molecule has 2 atom stereocenters. The summed E-state index contributed by atoms with van der Waals surface area (Å²) in [5, 5.41) is 16.3. The molecule has 0 bridgehead atoms. The molecule has 3 rings (SSSR count). The minimum absolute atomic E-state index is 0.0180. The first-order valence-electron chi connectivity index (χ1n) is 9.67. The summed E-state index contributed by atoms with van der Waals surface area (Å²) in [6.07, 6.45) is 3.41. The highest BCUT2D eigenvalue weighted by Gasteiger charge is 2.38. The van der Waals surface area contributed by atoms with Gasteiger partial charge in [-0.15, -0.1) is 0 Å². The number of aliphatic carboxylic acids is 2. The maximum absolute atomic E-state index is 13.0. The standard InChI is InChI=1S/C19H21N3O3.C2HF3O2/c23-18(16-3-4-17(10-16)19(24)25)22(12-14-5-8-20-9-6-14)13-15-2-1-7-21-11-15;3-2(4,5)1(6)7/h1-2,5-9,11,16-17H,3-4,10,12-13H2,(H,24,25);(H,6,7)/t16-,17+;/m0./s1.